The lowest BCUT2D eigenvalue weighted by Crippen LogP contribution is -3.15. The van der Waals surface area contributed by atoms with Gasteiger partial charge >= 0.3 is 0 Å². The maximum atomic E-state index is 13.9. The van der Waals surface area contributed by atoms with Crippen LogP contribution >= 0.6 is 0 Å². The minimum atomic E-state index is -0.407. The number of halogens is 1. The van der Waals surface area contributed by atoms with Crippen LogP contribution in [0.4, 0.5) is 10.1 Å². The Labute approximate surface area is 153 Å². The van der Waals surface area contributed by atoms with Gasteiger partial charge in [0.2, 0.25) is 0 Å². The lowest BCUT2D eigenvalue weighted by Gasteiger charge is -2.24. The molecule has 0 bridgehead atoms. The fraction of sp³-hybridized carbons (Fsp3) is 0.300. The molecule has 2 aromatic carbocycles. The second-order valence-corrected chi connectivity index (χ2v) is 6.06. The first-order valence-corrected chi connectivity index (χ1v) is 8.46. The van der Waals surface area contributed by atoms with Crippen LogP contribution < -0.4 is 15.0 Å². The minimum Gasteiger partial charge on any atom is -0.494 e. The summed E-state index contributed by atoms with van der Waals surface area (Å²) in [6.45, 7) is 5.08. The molecule has 2 atom stereocenters. The number of rotatable bonds is 7. The standard InChI is InChI=1S/C20H22FN3O2/c1-4-24(13-16-7-10-19(26-3)18(21)11-16)14(2)20(25)23-17-8-5-15(12-22)6-9-17/h5-11,14H,4,13H2,1-3H3,(H,23,25)/p+1/t14-/m0/s1. The molecule has 0 spiro atoms. The van der Waals surface area contributed by atoms with Gasteiger partial charge in [-0.3, -0.25) is 4.79 Å². The van der Waals surface area contributed by atoms with Gasteiger partial charge in [-0.25, -0.2) is 4.39 Å². The predicted octanol–water partition coefficient (Wildman–Crippen LogP) is 2.14. The Morgan fingerprint density at radius 1 is 1.31 bits per heavy atom. The Kier molecular flexibility index (Phi) is 6.70. The number of carbonyl (C=O) groups excluding carboxylic acids is 1. The number of ether oxygens (including phenoxy) is 1. The number of nitrogens with one attached hydrogen (secondary N) is 2. The summed E-state index contributed by atoms with van der Waals surface area (Å²) in [6, 6.07) is 13.3. The number of benzene rings is 2. The maximum absolute atomic E-state index is 13.9. The van der Waals surface area contributed by atoms with Crippen LogP contribution in [0.3, 0.4) is 0 Å². The Morgan fingerprint density at radius 2 is 2.00 bits per heavy atom. The Balaban J connectivity index is 2.04. The quantitative estimate of drug-likeness (QED) is 0.799. The summed E-state index contributed by atoms with van der Waals surface area (Å²) in [7, 11) is 1.43. The highest BCUT2D eigenvalue weighted by atomic mass is 19.1. The molecule has 0 saturated heterocycles. The van der Waals surface area contributed by atoms with E-state index in [0.717, 1.165) is 17.0 Å². The van der Waals surface area contributed by atoms with Gasteiger partial charge in [0.1, 0.15) is 6.54 Å². The van der Waals surface area contributed by atoms with Crippen molar-refractivity contribution in [2.24, 2.45) is 0 Å². The van der Waals surface area contributed by atoms with Crippen molar-refractivity contribution in [3.8, 4) is 11.8 Å². The number of hydrogen-bond donors (Lipinski definition) is 2. The van der Waals surface area contributed by atoms with E-state index >= 15 is 0 Å². The van der Waals surface area contributed by atoms with Gasteiger partial charge in [-0.2, -0.15) is 5.26 Å². The van der Waals surface area contributed by atoms with Gasteiger partial charge in [0.25, 0.3) is 5.91 Å². The molecular formula is C20H23FN3O2+. The van der Waals surface area contributed by atoms with Crippen molar-refractivity contribution in [2.45, 2.75) is 26.4 Å². The Morgan fingerprint density at radius 3 is 2.54 bits per heavy atom. The molecule has 0 saturated carbocycles. The second-order valence-electron chi connectivity index (χ2n) is 6.06. The molecule has 2 N–H and O–H groups in total. The van der Waals surface area contributed by atoms with Crippen molar-refractivity contribution < 1.29 is 18.8 Å². The summed E-state index contributed by atoms with van der Waals surface area (Å²) < 4.78 is 18.8. The number of carbonyl (C=O) groups is 1. The fourth-order valence-electron chi connectivity index (χ4n) is 2.73. The average Bonchev–Trinajstić information content (AvgIpc) is 2.66. The number of nitriles is 1. The van der Waals surface area contributed by atoms with E-state index in [0.29, 0.717) is 17.8 Å². The molecule has 0 fully saturated rings. The number of nitrogens with zero attached hydrogens (tertiary/aromatic N) is 1. The highest BCUT2D eigenvalue weighted by Crippen LogP contribution is 2.17. The average molecular weight is 356 g/mol. The normalized spacial score (nSPS) is 12.7. The summed E-state index contributed by atoms with van der Waals surface area (Å²) in [5.41, 5.74) is 1.99. The van der Waals surface area contributed by atoms with Crippen molar-refractivity contribution in [3.05, 3.63) is 59.4 Å². The molecule has 2 aromatic rings. The fourth-order valence-corrected chi connectivity index (χ4v) is 2.73. The molecule has 136 valence electrons. The molecule has 0 aliphatic rings. The number of hydrogen-bond acceptors (Lipinski definition) is 3. The zero-order valence-electron chi connectivity index (χ0n) is 15.2. The monoisotopic (exact) mass is 356 g/mol. The molecule has 5 nitrogen and oxygen atoms in total. The lowest BCUT2D eigenvalue weighted by atomic mass is 10.1. The zero-order valence-corrected chi connectivity index (χ0v) is 15.2. The van der Waals surface area contributed by atoms with Crippen LogP contribution in [0.1, 0.15) is 25.0 Å². The number of quaternary nitrogens is 1. The van der Waals surface area contributed by atoms with Crippen LogP contribution in [-0.2, 0) is 11.3 Å². The van der Waals surface area contributed by atoms with Crippen molar-refractivity contribution in [3.63, 3.8) is 0 Å². The Bertz CT molecular complexity index is 800. The van der Waals surface area contributed by atoms with Gasteiger partial charge in [-0.1, -0.05) is 0 Å². The van der Waals surface area contributed by atoms with Crippen LogP contribution in [0.25, 0.3) is 0 Å². The first-order chi connectivity index (χ1) is 12.5. The highest BCUT2D eigenvalue weighted by molar-refractivity contribution is 5.93. The van der Waals surface area contributed by atoms with Crippen molar-refractivity contribution >= 4 is 11.6 Å². The Hall–Kier alpha value is -2.91. The summed E-state index contributed by atoms with van der Waals surface area (Å²) in [4.78, 5) is 13.5. The van der Waals surface area contributed by atoms with Crippen LogP contribution in [-0.4, -0.2) is 25.6 Å². The van der Waals surface area contributed by atoms with Gasteiger partial charge in [0.15, 0.2) is 17.6 Å². The highest BCUT2D eigenvalue weighted by Gasteiger charge is 2.24. The van der Waals surface area contributed by atoms with Crippen molar-refractivity contribution in [1.29, 1.82) is 5.26 Å². The third-order valence-corrected chi connectivity index (χ3v) is 4.39. The number of anilines is 1. The van der Waals surface area contributed by atoms with Gasteiger partial charge in [-0.05, 0) is 56.3 Å². The van der Waals surface area contributed by atoms with Crippen LogP contribution in [0.15, 0.2) is 42.5 Å². The van der Waals surface area contributed by atoms with E-state index in [1.54, 1.807) is 30.3 Å². The van der Waals surface area contributed by atoms with Crippen LogP contribution in [0.2, 0.25) is 0 Å². The number of methoxy groups -OCH3 is 1. The van der Waals surface area contributed by atoms with Gasteiger partial charge in [0.05, 0.1) is 25.3 Å². The second kappa shape index (κ2) is 8.97. The summed E-state index contributed by atoms with van der Waals surface area (Å²) in [6.07, 6.45) is 0. The number of amides is 1. The summed E-state index contributed by atoms with van der Waals surface area (Å²) >= 11 is 0. The summed E-state index contributed by atoms with van der Waals surface area (Å²) in [5, 5.41) is 11.7. The van der Waals surface area contributed by atoms with Crippen LogP contribution in [0.5, 0.6) is 5.75 Å². The van der Waals surface area contributed by atoms with E-state index in [1.807, 2.05) is 26.0 Å². The minimum absolute atomic E-state index is 0.124. The van der Waals surface area contributed by atoms with Crippen molar-refractivity contribution in [2.75, 3.05) is 19.0 Å². The molecule has 0 aliphatic heterocycles. The smallest absolute Gasteiger partial charge is 0.282 e. The molecule has 1 unspecified atom stereocenters. The van der Waals surface area contributed by atoms with Gasteiger partial charge in [-0.15, -0.1) is 0 Å². The van der Waals surface area contributed by atoms with Gasteiger partial charge < -0.3 is 15.0 Å². The largest absolute Gasteiger partial charge is 0.494 e. The SMILES string of the molecule is CC[NH+](Cc1ccc(OC)c(F)c1)[C@@H](C)C(=O)Nc1ccc(C#N)cc1. The first kappa shape index (κ1) is 19.4. The zero-order chi connectivity index (χ0) is 19.1. The van der Waals surface area contributed by atoms with E-state index in [2.05, 4.69) is 5.32 Å². The van der Waals surface area contributed by atoms with E-state index in [4.69, 9.17) is 10.00 Å². The molecule has 0 heterocycles. The number of likely N-dealkylation sites (N-methyl/N-ethyl adjacent to an activating group) is 1. The molecule has 2 rings (SSSR count). The van der Waals surface area contributed by atoms with E-state index in [9.17, 15) is 9.18 Å². The van der Waals surface area contributed by atoms with E-state index in [-0.39, 0.29) is 17.7 Å². The van der Waals surface area contributed by atoms with Gasteiger partial charge in [0, 0.05) is 11.3 Å². The molecule has 26 heavy (non-hydrogen) atoms. The molecule has 1 amide bonds. The molecule has 0 aliphatic carbocycles. The third-order valence-electron chi connectivity index (χ3n) is 4.39. The van der Waals surface area contributed by atoms with Crippen LogP contribution in [0, 0.1) is 17.1 Å². The maximum Gasteiger partial charge on any atom is 0.282 e. The summed E-state index contributed by atoms with van der Waals surface area (Å²) in [5.74, 6) is -0.325. The lowest BCUT2D eigenvalue weighted by molar-refractivity contribution is -0.925. The predicted molar refractivity (Wildman–Crippen MR) is 97.4 cm³/mol. The van der Waals surface area contributed by atoms with E-state index in [1.165, 1.54) is 13.2 Å². The first-order valence-electron chi connectivity index (χ1n) is 8.46. The van der Waals surface area contributed by atoms with E-state index < -0.39 is 5.82 Å². The topological polar surface area (TPSA) is 66.6 Å². The molecule has 0 radical (unpaired) electrons. The molecule has 0 aromatic heterocycles. The third kappa shape index (κ3) is 4.80. The molecular weight excluding hydrogens is 333 g/mol. The molecule has 6 heteroatoms. The van der Waals surface area contributed by atoms with Crippen molar-refractivity contribution in [1.82, 2.24) is 0 Å².